The van der Waals surface area contributed by atoms with E-state index >= 15 is 0 Å². The number of nitrogens with one attached hydrogen (secondary N) is 1. The lowest BCUT2D eigenvalue weighted by atomic mass is 9.69. The van der Waals surface area contributed by atoms with Crippen molar-refractivity contribution in [3.8, 4) is 0 Å². The molecule has 0 bridgehead atoms. The second-order valence-electron chi connectivity index (χ2n) is 6.68. The maximum Gasteiger partial charge on any atom is 0.429 e. The Hall–Kier alpha value is -1.28. The highest BCUT2D eigenvalue weighted by Gasteiger charge is 2.58. The number of halogens is 3. The van der Waals surface area contributed by atoms with Crippen LogP contribution in [0.1, 0.15) is 40.0 Å². The third-order valence-electron chi connectivity index (χ3n) is 3.72. The van der Waals surface area contributed by atoms with Gasteiger partial charge >= 0.3 is 12.3 Å². The van der Waals surface area contributed by atoms with E-state index in [-0.39, 0.29) is 12.8 Å². The maximum absolute atomic E-state index is 13.0. The summed E-state index contributed by atoms with van der Waals surface area (Å²) in [5.41, 5.74) is 0.241. The van der Waals surface area contributed by atoms with Gasteiger partial charge in [0.25, 0.3) is 0 Å². The van der Waals surface area contributed by atoms with Crippen LogP contribution in [0.25, 0.3) is 0 Å². The second kappa shape index (κ2) is 5.73. The van der Waals surface area contributed by atoms with Crippen molar-refractivity contribution in [2.24, 2.45) is 5.41 Å². The van der Waals surface area contributed by atoms with Crippen LogP contribution >= 0.6 is 0 Å². The summed E-state index contributed by atoms with van der Waals surface area (Å²) in [6.45, 7) is 4.76. The van der Waals surface area contributed by atoms with E-state index in [1.807, 2.05) is 0 Å². The first-order valence-corrected chi connectivity index (χ1v) is 7.18. The van der Waals surface area contributed by atoms with Gasteiger partial charge in [0.2, 0.25) is 0 Å². The topological polar surface area (TPSA) is 50.8 Å². The van der Waals surface area contributed by atoms with Crippen LogP contribution in [0.3, 0.4) is 0 Å². The molecule has 1 atom stereocenters. The number of carbonyl (C=O) groups excluding carboxylic acids is 1. The van der Waals surface area contributed by atoms with Gasteiger partial charge in [0, 0.05) is 6.20 Å². The monoisotopic (exact) mass is 322 g/mol. The predicted molar refractivity (Wildman–Crippen MR) is 72.4 cm³/mol. The summed E-state index contributed by atoms with van der Waals surface area (Å²) in [6.07, 6.45) is -2.08. The smallest absolute Gasteiger partial charge is 0.429 e. The molecule has 1 amide bonds. The number of amides is 1. The van der Waals surface area contributed by atoms with Crippen LogP contribution in [0.5, 0.6) is 0 Å². The lowest BCUT2D eigenvalue weighted by Crippen LogP contribution is -2.50. The van der Waals surface area contributed by atoms with Gasteiger partial charge in [0.15, 0.2) is 0 Å². The van der Waals surface area contributed by atoms with Crippen molar-refractivity contribution in [1.82, 2.24) is 10.4 Å². The number of rotatable bonds is 3. The summed E-state index contributed by atoms with van der Waals surface area (Å²) in [6, 6.07) is 0. The Kier molecular flexibility index (Phi) is 4.45. The van der Waals surface area contributed by atoms with Gasteiger partial charge in [-0.15, -0.1) is 0 Å². The normalized spacial score (nSPS) is 24.3. The van der Waals surface area contributed by atoms with Crippen molar-refractivity contribution in [3.63, 3.8) is 0 Å². The van der Waals surface area contributed by atoms with Gasteiger partial charge in [0.1, 0.15) is 11.8 Å². The van der Waals surface area contributed by atoms with Crippen molar-refractivity contribution < 1.29 is 27.4 Å². The van der Waals surface area contributed by atoms with Crippen molar-refractivity contribution in [2.45, 2.75) is 58.0 Å². The third-order valence-corrected chi connectivity index (χ3v) is 3.72. The summed E-state index contributed by atoms with van der Waals surface area (Å²) in [5.74, 6) is 0. The van der Waals surface area contributed by atoms with Crippen LogP contribution in [0.4, 0.5) is 18.0 Å². The molecule has 1 aliphatic carbocycles. The van der Waals surface area contributed by atoms with E-state index < -0.39 is 36.1 Å². The molecule has 0 aromatic rings. The Morgan fingerprint density at radius 1 is 1.36 bits per heavy atom. The Morgan fingerprint density at radius 2 is 2.00 bits per heavy atom. The minimum atomic E-state index is -4.27. The number of nitrogens with zero attached hydrogens (tertiary/aromatic N) is 1. The van der Waals surface area contributed by atoms with Crippen LogP contribution in [0, 0.1) is 5.41 Å². The van der Waals surface area contributed by atoms with Crippen LogP contribution in [-0.2, 0) is 9.47 Å². The molecule has 5 nitrogen and oxygen atoms in total. The zero-order valence-corrected chi connectivity index (χ0v) is 12.9. The van der Waals surface area contributed by atoms with E-state index in [4.69, 9.17) is 9.47 Å². The summed E-state index contributed by atoms with van der Waals surface area (Å²) in [7, 11) is 0. The molecule has 126 valence electrons. The number of hydrogen-bond donors (Lipinski definition) is 1. The molecule has 1 saturated carbocycles. The van der Waals surface area contributed by atoms with E-state index in [1.165, 1.54) is 12.3 Å². The van der Waals surface area contributed by atoms with E-state index in [0.717, 1.165) is 5.01 Å². The van der Waals surface area contributed by atoms with E-state index in [1.54, 1.807) is 20.8 Å². The van der Waals surface area contributed by atoms with Crippen molar-refractivity contribution in [2.75, 3.05) is 6.61 Å². The van der Waals surface area contributed by atoms with Gasteiger partial charge in [-0.3, -0.25) is 0 Å². The zero-order chi connectivity index (χ0) is 16.6. The average molecular weight is 322 g/mol. The number of hydrazine groups is 1. The first-order valence-electron chi connectivity index (χ1n) is 7.18. The molecule has 0 radical (unpaired) electrons. The lowest BCUT2D eigenvalue weighted by Gasteiger charge is -2.43. The number of carbonyl (C=O) groups is 1. The second-order valence-corrected chi connectivity index (χ2v) is 6.68. The van der Waals surface area contributed by atoms with Crippen LogP contribution in [-0.4, -0.2) is 35.7 Å². The first kappa shape index (κ1) is 17.1. The summed E-state index contributed by atoms with van der Waals surface area (Å²) >= 11 is 0. The molecule has 1 unspecified atom stereocenters. The van der Waals surface area contributed by atoms with Crippen LogP contribution < -0.4 is 5.43 Å². The van der Waals surface area contributed by atoms with E-state index in [0.29, 0.717) is 6.42 Å². The molecule has 0 aromatic carbocycles. The van der Waals surface area contributed by atoms with Gasteiger partial charge in [-0.25, -0.2) is 9.80 Å². The maximum atomic E-state index is 13.0. The van der Waals surface area contributed by atoms with Gasteiger partial charge in [0.05, 0.1) is 12.0 Å². The number of hydrogen-bond acceptors (Lipinski definition) is 4. The van der Waals surface area contributed by atoms with Crippen LogP contribution in [0.2, 0.25) is 0 Å². The molecular formula is C14H21F3N2O3. The fraction of sp³-hybridized carbons (Fsp3) is 0.786. The fourth-order valence-electron chi connectivity index (χ4n) is 2.27. The zero-order valence-electron chi connectivity index (χ0n) is 12.9. The van der Waals surface area contributed by atoms with Gasteiger partial charge in [-0.2, -0.15) is 18.6 Å². The third kappa shape index (κ3) is 3.73. The molecule has 0 spiro atoms. The Morgan fingerprint density at radius 3 is 2.45 bits per heavy atom. The van der Waals surface area contributed by atoms with Crippen molar-refractivity contribution in [3.05, 3.63) is 12.3 Å². The lowest BCUT2D eigenvalue weighted by molar-refractivity contribution is -0.270. The molecule has 1 N–H and O–H groups in total. The minimum Gasteiger partial charge on any atom is -0.442 e. The standard InChI is InChI=1S/C14H21F3N2O3/c1-12(2,3)22-11(20)19-8-5-10(18-19)21-9-13(6-4-7-13)14(15,16)17/h5,8,10,18H,4,6-7,9H2,1-3H3. The molecule has 0 saturated heterocycles. The van der Waals surface area contributed by atoms with Crippen LogP contribution in [0.15, 0.2) is 12.3 Å². The molecule has 1 heterocycles. The molecule has 0 aromatic heterocycles. The largest absolute Gasteiger partial charge is 0.442 e. The Balaban J connectivity index is 1.83. The van der Waals surface area contributed by atoms with Gasteiger partial charge < -0.3 is 9.47 Å². The molecule has 8 heteroatoms. The highest BCUT2D eigenvalue weighted by molar-refractivity contribution is 5.69. The predicted octanol–water partition coefficient (Wildman–Crippen LogP) is 3.33. The summed E-state index contributed by atoms with van der Waals surface area (Å²) < 4.78 is 49.5. The fourth-order valence-corrected chi connectivity index (χ4v) is 2.27. The SMILES string of the molecule is CC(C)(C)OC(=O)N1C=CC(OCC2(C(F)(F)F)CCC2)N1. The van der Waals surface area contributed by atoms with E-state index in [9.17, 15) is 18.0 Å². The molecule has 2 rings (SSSR count). The van der Waals surface area contributed by atoms with Gasteiger partial charge in [-0.1, -0.05) is 6.42 Å². The summed E-state index contributed by atoms with van der Waals surface area (Å²) in [5, 5.41) is 1.07. The molecular weight excluding hydrogens is 301 g/mol. The Labute approximate surface area is 127 Å². The van der Waals surface area contributed by atoms with Gasteiger partial charge in [-0.05, 0) is 39.7 Å². The highest BCUT2D eigenvalue weighted by atomic mass is 19.4. The highest BCUT2D eigenvalue weighted by Crippen LogP contribution is 2.53. The summed E-state index contributed by atoms with van der Waals surface area (Å²) in [4.78, 5) is 11.8. The molecule has 2 aliphatic rings. The molecule has 1 fully saturated rings. The molecule has 1 aliphatic heterocycles. The first-order chi connectivity index (χ1) is 10.0. The minimum absolute atomic E-state index is 0.0860. The average Bonchev–Trinajstić information content (AvgIpc) is 2.71. The number of alkyl halides is 3. The Bertz CT molecular complexity index is 453. The quantitative estimate of drug-likeness (QED) is 0.866. The number of ether oxygens (including phenoxy) is 2. The van der Waals surface area contributed by atoms with Crippen molar-refractivity contribution >= 4 is 6.09 Å². The van der Waals surface area contributed by atoms with E-state index in [2.05, 4.69) is 5.43 Å². The molecule has 22 heavy (non-hydrogen) atoms. The van der Waals surface area contributed by atoms with Crippen molar-refractivity contribution in [1.29, 1.82) is 0 Å².